The molecule has 1 aliphatic rings. The molecule has 2 aromatic heterocycles. The van der Waals surface area contributed by atoms with E-state index in [0.717, 1.165) is 31.7 Å². The number of halogens is 1. The van der Waals surface area contributed by atoms with E-state index in [4.69, 9.17) is 17.3 Å². The van der Waals surface area contributed by atoms with Crippen molar-refractivity contribution >= 4 is 23.2 Å². The lowest BCUT2D eigenvalue weighted by atomic mass is 9.93. The van der Waals surface area contributed by atoms with E-state index in [2.05, 4.69) is 38.2 Å². The molecule has 1 aliphatic heterocycles. The summed E-state index contributed by atoms with van der Waals surface area (Å²) in [7, 11) is 0. The number of nitrogen functional groups attached to an aromatic ring is 1. The molecule has 0 unspecified atom stereocenters. The summed E-state index contributed by atoms with van der Waals surface area (Å²) < 4.78 is 0. The van der Waals surface area contributed by atoms with Crippen LogP contribution in [0.1, 0.15) is 19.0 Å². The average molecular weight is 333 g/mol. The SMILES string of the molecule is C[C@@H]1CN(Cc2ccccn2)CC[C@@H]1Nc1ncnc(N)c1Cl. The largest absolute Gasteiger partial charge is 0.382 e. The smallest absolute Gasteiger partial charge is 0.150 e. The van der Waals surface area contributed by atoms with E-state index in [-0.39, 0.29) is 0 Å². The molecular formula is C16H21ClN6. The van der Waals surface area contributed by atoms with Crippen LogP contribution in [0.2, 0.25) is 5.02 Å². The first-order valence-corrected chi connectivity index (χ1v) is 8.16. The molecule has 0 radical (unpaired) electrons. The summed E-state index contributed by atoms with van der Waals surface area (Å²) in [6, 6.07) is 6.36. The molecule has 1 saturated heterocycles. The van der Waals surface area contributed by atoms with Gasteiger partial charge in [0.1, 0.15) is 17.2 Å². The molecule has 3 N–H and O–H groups in total. The lowest BCUT2D eigenvalue weighted by molar-refractivity contribution is 0.163. The molecule has 0 aromatic carbocycles. The summed E-state index contributed by atoms with van der Waals surface area (Å²) in [6.45, 7) is 5.14. The fourth-order valence-electron chi connectivity index (χ4n) is 2.97. The van der Waals surface area contributed by atoms with Crippen molar-refractivity contribution in [2.75, 3.05) is 24.1 Å². The molecule has 0 aliphatic carbocycles. The van der Waals surface area contributed by atoms with E-state index >= 15 is 0 Å². The van der Waals surface area contributed by atoms with Crippen molar-refractivity contribution < 1.29 is 0 Å². The minimum atomic E-state index is 0.310. The number of aromatic nitrogens is 3. The van der Waals surface area contributed by atoms with Gasteiger partial charge in [0.05, 0.1) is 5.69 Å². The van der Waals surface area contributed by atoms with Crippen molar-refractivity contribution in [3.63, 3.8) is 0 Å². The van der Waals surface area contributed by atoms with Crippen LogP contribution in [-0.4, -0.2) is 39.0 Å². The Morgan fingerprint density at radius 1 is 1.35 bits per heavy atom. The molecule has 23 heavy (non-hydrogen) atoms. The van der Waals surface area contributed by atoms with Crippen LogP contribution in [-0.2, 0) is 6.54 Å². The van der Waals surface area contributed by atoms with Crippen LogP contribution < -0.4 is 11.1 Å². The summed E-state index contributed by atoms with van der Waals surface area (Å²) in [5, 5.41) is 3.82. The number of nitrogens with two attached hydrogens (primary N) is 1. The van der Waals surface area contributed by atoms with Gasteiger partial charge in [-0.1, -0.05) is 24.6 Å². The molecule has 1 fully saturated rings. The van der Waals surface area contributed by atoms with Crippen LogP contribution in [0.25, 0.3) is 0 Å². The lowest BCUT2D eigenvalue weighted by Gasteiger charge is -2.37. The highest BCUT2D eigenvalue weighted by Crippen LogP contribution is 2.27. The number of piperidine rings is 1. The molecule has 0 saturated carbocycles. The number of nitrogens with one attached hydrogen (secondary N) is 1. The van der Waals surface area contributed by atoms with Gasteiger partial charge in [0.25, 0.3) is 0 Å². The third-order valence-electron chi connectivity index (χ3n) is 4.24. The third kappa shape index (κ3) is 3.89. The van der Waals surface area contributed by atoms with Crippen molar-refractivity contribution in [1.82, 2.24) is 19.9 Å². The van der Waals surface area contributed by atoms with Gasteiger partial charge in [-0.05, 0) is 24.5 Å². The van der Waals surface area contributed by atoms with Gasteiger partial charge < -0.3 is 11.1 Å². The van der Waals surface area contributed by atoms with Crippen LogP contribution >= 0.6 is 11.6 Å². The Bertz CT molecular complexity index is 650. The molecule has 7 heteroatoms. The monoisotopic (exact) mass is 332 g/mol. The van der Waals surface area contributed by atoms with Crippen LogP contribution in [0.5, 0.6) is 0 Å². The number of anilines is 2. The molecule has 0 bridgehead atoms. The first kappa shape index (κ1) is 16.0. The number of hydrogen-bond donors (Lipinski definition) is 2. The minimum absolute atomic E-state index is 0.310. The summed E-state index contributed by atoms with van der Waals surface area (Å²) >= 11 is 6.16. The summed E-state index contributed by atoms with van der Waals surface area (Å²) in [5.41, 5.74) is 6.84. The van der Waals surface area contributed by atoms with Crippen LogP contribution in [0.4, 0.5) is 11.6 Å². The Morgan fingerprint density at radius 3 is 2.96 bits per heavy atom. The predicted octanol–water partition coefficient (Wildman–Crippen LogP) is 2.43. The Labute approximate surface area is 141 Å². The number of hydrogen-bond acceptors (Lipinski definition) is 6. The minimum Gasteiger partial charge on any atom is -0.382 e. The highest BCUT2D eigenvalue weighted by atomic mass is 35.5. The van der Waals surface area contributed by atoms with Gasteiger partial charge >= 0.3 is 0 Å². The summed E-state index contributed by atoms with van der Waals surface area (Å²) in [4.78, 5) is 14.9. The number of nitrogens with zero attached hydrogens (tertiary/aromatic N) is 4. The average Bonchev–Trinajstić information content (AvgIpc) is 2.55. The molecule has 0 spiro atoms. The van der Waals surface area contributed by atoms with E-state index in [1.165, 1.54) is 6.33 Å². The third-order valence-corrected chi connectivity index (χ3v) is 4.61. The maximum atomic E-state index is 6.16. The van der Waals surface area contributed by atoms with Gasteiger partial charge in [0, 0.05) is 31.9 Å². The second-order valence-electron chi connectivity index (χ2n) is 5.99. The Kier molecular flexibility index (Phi) is 4.93. The summed E-state index contributed by atoms with van der Waals surface area (Å²) in [5.74, 6) is 1.40. The second kappa shape index (κ2) is 7.10. The van der Waals surface area contributed by atoms with Crippen LogP contribution in [0, 0.1) is 5.92 Å². The Balaban J connectivity index is 1.59. The lowest BCUT2D eigenvalue weighted by Crippen LogP contribution is -2.45. The van der Waals surface area contributed by atoms with Crippen molar-refractivity contribution in [3.8, 4) is 0 Å². The van der Waals surface area contributed by atoms with Gasteiger partial charge in [-0.15, -0.1) is 0 Å². The van der Waals surface area contributed by atoms with Gasteiger partial charge in [0.2, 0.25) is 0 Å². The topological polar surface area (TPSA) is 80.0 Å². The van der Waals surface area contributed by atoms with Gasteiger partial charge in [-0.25, -0.2) is 9.97 Å². The Hall–Kier alpha value is -1.92. The molecule has 2 atom stereocenters. The van der Waals surface area contributed by atoms with E-state index in [1.54, 1.807) is 0 Å². The normalized spacial score (nSPS) is 22.0. The van der Waals surface area contributed by atoms with Crippen molar-refractivity contribution in [2.24, 2.45) is 5.92 Å². The van der Waals surface area contributed by atoms with E-state index in [9.17, 15) is 0 Å². The Morgan fingerprint density at radius 2 is 2.22 bits per heavy atom. The maximum Gasteiger partial charge on any atom is 0.150 e. The zero-order chi connectivity index (χ0) is 16.2. The van der Waals surface area contributed by atoms with Crippen LogP contribution in [0.3, 0.4) is 0 Å². The first-order chi connectivity index (χ1) is 11.1. The quantitative estimate of drug-likeness (QED) is 0.895. The number of pyridine rings is 1. The van der Waals surface area contributed by atoms with Gasteiger partial charge in [-0.2, -0.15) is 0 Å². The molecule has 0 amide bonds. The zero-order valence-corrected chi connectivity index (χ0v) is 13.9. The van der Waals surface area contributed by atoms with Gasteiger partial charge in [0.15, 0.2) is 5.82 Å². The molecule has 3 heterocycles. The van der Waals surface area contributed by atoms with Crippen molar-refractivity contribution in [1.29, 1.82) is 0 Å². The standard InChI is InChI=1S/C16H21ClN6/c1-11-8-23(9-12-4-2-3-6-19-12)7-5-13(11)22-16-14(17)15(18)20-10-21-16/h2-4,6,10-11,13H,5,7-9H2,1H3,(H3,18,20,21,22)/t11-,13+/m1/s1. The van der Waals surface area contributed by atoms with Crippen molar-refractivity contribution in [2.45, 2.75) is 25.9 Å². The molecule has 6 nitrogen and oxygen atoms in total. The molecular weight excluding hydrogens is 312 g/mol. The fourth-order valence-corrected chi connectivity index (χ4v) is 3.12. The highest BCUT2D eigenvalue weighted by Gasteiger charge is 2.27. The van der Waals surface area contributed by atoms with E-state index in [0.29, 0.717) is 28.6 Å². The first-order valence-electron chi connectivity index (χ1n) is 7.78. The number of rotatable bonds is 4. The van der Waals surface area contributed by atoms with E-state index < -0.39 is 0 Å². The van der Waals surface area contributed by atoms with E-state index in [1.807, 2.05) is 18.3 Å². The number of likely N-dealkylation sites (tertiary alicyclic amines) is 1. The summed E-state index contributed by atoms with van der Waals surface area (Å²) in [6.07, 6.45) is 4.30. The zero-order valence-electron chi connectivity index (χ0n) is 13.1. The fraction of sp³-hybridized carbons (Fsp3) is 0.438. The highest BCUT2D eigenvalue weighted by molar-refractivity contribution is 6.35. The van der Waals surface area contributed by atoms with Crippen LogP contribution in [0.15, 0.2) is 30.7 Å². The second-order valence-corrected chi connectivity index (χ2v) is 6.37. The molecule has 3 rings (SSSR count). The molecule has 2 aromatic rings. The maximum absolute atomic E-state index is 6.16. The molecule has 122 valence electrons. The van der Waals surface area contributed by atoms with Crippen molar-refractivity contribution in [3.05, 3.63) is 41.4 Å². The predicted molar refractivity (Wildman–Crippen MR) is 92.2 cm³/mol. The van der Waals surface area contributed by atoms with Gasteiger partial charge in [-0.3, -0.25) is 9.88 Å².